The Hall–Kier alpha value is -4.30. The molecule has 2 aliphatic heterocycles. The molecule has 3 unspecified atom stereocenters. The summed E-state index contributed by atoms with van der Waals surface area (Å²) in [5.41, 5.74) is -1.21. The Balaban J connectivity index is 1.38. The molecule has 3 amide bonds. The van der Waals surface area contributed by atoms with Crippen LogP contribution in [0.15, 0.2) is 81.2 Å². The number of carbonyl (C=O) groups is 3. The van der Waals surface area contributed by atoms with Crippen LogP contribution in [0, 0.1) is 5.92 Å². The average Bonchev–Trinajstić information content (AvgIpc) is 3.66. The normalized spacial score (nSPS) is 19.9. The molecule has 6 rings (SSSR count). The lowest BCUT2D eigenvalue weighted by molar-refractivity contribution is -0.137. The summed E-state index contributed by atoms with van der Waals surface area (Å²) in [4.78, 5) is 54.1. The molecule has 14 heteroatoms. The number of imide groups is 1. The van der Waals surface area contributed by atoms with Crippen LogP contribution in [0.3, 0.4) is 0 Å². The van der Waals surface area contributed by atoms with E-state index in [1.54, 1.807) is 36.4 Å². The predicted molar refractivity (Wildman–Crippen MR) is 148 cm³/mol. The van der Waals surface area contributed by atoms with Crippen molar-refractivity contribution in [1.29, 1.82) is 0 Å². The Morgan fingerprint density at radius 1 is 1.02 bits per heavy atom. The van der Waals surface area contributed by atoms with Crippen LogP contribution in [0.4, 0.5) is 24.5 Å². The molecule has 3 atom stereocenters. The van der Waals surface area contributed by atoms with Gasteiger partial charge in [-0.05, 0) is 48.5 Å². The summed E-state index contributed by atoms with van der Waals surface area (Å²) >= 11 is 1.70. The molecule has 0 bridgehead atoms. The van der Waals surface area contributed by atoms with Crippen LogP contribution in [0.2, 0.25) is 0 Å². The van der Waals surface area contributed by atoms with Crippen LogP contribution >= 0.6 is 23.1 Å². The number of thioether (sulfide) groups is 1. The average molecular weight is 616 g/mol. The van der Waals surface area contributed by atoms with Crippen LogP contribution in [0.5, 0.6) is 5.75 Å². The molecule has 0 spiro atoms. The Kier molecular flexibility index (Phi) is 6.97. The van der Waals surface area contributed by atoms with Crippen molar-refractivity contribution in [3.05, 3.63) is 92.8 Å². The zero-order valence-corrected chi connectivity index (χ0v) is 23.2. The first-order valence-electron chi connectivity index (χ1n) is 12.5. The number of fused-ring (bicyclic) bond motifs is 2. The summed E-state index contributed by atoms with van der Waals surface area (Å²) in [6.07, 6.45) is -3.44. The largest absolute Gasteiger partial charge is 0.497 e. The molecular weight excluding hydrogens is 595 g/mol. The summed E-state index contributed by atoms with van der Waals surface area (Å²) in [5, 5.41) is 1.82. The molecule has 216 valence electrons. The van der Waals surface area contributed by atoms with E-state index in [9.17, 15) is 32.3 Å². The Morgan fingerprint density at radius 3 is 2.43 bits per heavy atom. The number of thiazole rings is 1. The molecular formula is C28H20F3N3O6S2. The van der Waals surface area contributed by atoms with Crippen molar-refractivity contribution in [3.8, 4) is 5.75 Å². The van der Waals surface area contributed by atoms with Crippen molar-refractivity contribution >= 4 is 52.2 Å². The van der Waals surface area contributed by atoms with Gasteiger partial charge in [-0.25, -0.2) is 4.90 Å². The number of hydrogen-bond donors (Lipinski definition) is 1. The lowest BCUT2D eigenvalue weighted by Gasteiger charge is -2.29. The van der Waals surface area contributed by atoms with E-state index in [4.69, 9.17) is 9.15 Å². The molecule has 2 aromatic carbocycles. The number of benzene rings is 2. The highest BCUT2D eigenvalue weighted by atomic mass is 32.2. The van der Waals surface area contributed by atoms with Crippen LogP contribution in [0.25, 0.3) is 0 Å². The van der Waals surface area contributed by atoms with Gasteiger partial charge in [0.05, 0.1) is 46.4 Å². The molecule has 4 aromatic rings. The van der Waals surface area contributed by atoms with Gasteiger partial charge < -0.3 is 14.5 Å². The molecule has 2 aliphatic rings. The monoisotopic (exact) mass is 615 g/mol. The second-order valence-corrected chi connectivity index (χ2v) is 11.6. The van der Waals surface area contributed by atoms with Gasteiger partial charge in [-0.15, -0.1) is 0 Å². The molecule has 2 aromatic heterocycles. The maximum atomic E-state index is 13.9. The summed E-state index contributed by atoms with van der Waals surface area (Å²) in [6.45, 7) is -0.394. The van der Waals surface area contributed by atoms with Crippen molar-refractivity contribution < 1.29 is 36.7 Å². The number of carbonyl (C=O) groups excluding carboxylic acids is 3. The van der Waals surface area contributed by atoms with Gasteiger partial charge >= 0.3 is 11.0 Å². The van der Waals surface area contributed by atoms with Gasteiger partial charge in [0.1, 0.15) is 23.3 Å². The number of amides is 3. The molecule has 0 saturated carbocycles. The first-order chi connectivity index (χ1) is 20.1. The number of aromatic nitrogens is 1. The fourth-order valence-corrected chi connectivity index (χ4v) is 7.95. The van der Waals surface area contributed by atoms with E-state index >= 15 is 0 Å². The highest BCUT2D eigenvalue weighted by Crippen LogP contribution is 2.54. The highest BCUT2D eigenvalue weighted by molar-refractivity contribution is 8.00. The van der Waals surface area contributed by atoms with Gasteiger partial charge in [-0.2, -0.15) is 13.2 Å². The molecule has 9 nitrogen and oxygen atoms in total. The molecule has 1 N–H and O–H groups in total. The molecule has 1 fully saturated rings. The molecule has 0 radical (unpaired) electrons. The topological polar surface area (TPSA) is 111 Å². The van der Waals surface area contributed by atoms with Gasteiger partial charge in [0.2, 0.25) is 17.7 Å². The number of nitrogens with zero attached hydrogens (tertiary/aromatic N) is 2. The fraction of sp³-hybridized carbons (Fsp3) is 0.214. The van der Waals surface area contributed by atoms with Gasteiger partial charge in [-0.3, -0.25) is 23.7 Å². The third-order valence-electron chi connectivity index (χ3n) is 7.02. The van der Waals surface area contributed by atoms with E-state index in [1.807, 2.05) is 0 Å². The van der Waals surface area contributed by atoms with E-state index in [0.29, 0.717) is 21.2 Å². The SMILES string of the molecule is COc1ccc(NC(=O)Cn2c3c(sc2=O)C(c2ccco2)C2C(=O)N(c4ccccc4C(F)(F)F)C(=O)C2S3)cc1. The van der Waals surface area contributed by atoms with E-state index in [-0.39, 0.29) is 10.8 Å². The Labute approximate surface area is 243 Å². The number of halogens is 3. The van der Waals surface area contributed by atoms with E-state index < -0.39 is 63.7 Å². The number of rotatable bonds is 6. The number of furan rings is 1. The summed E-state index contributed by atoms with van der Waals surface area (Å²) in [5.74, 6) is -3.39. The molecule has 4 heterocycles. The van der Waals surface area contributed by atoms with Gasteiger partial charge in [0.15, 0.2) is 0 Å². The van der Waals surface area contributed by atoms with Crippen LogP contribution in [0.1, 0.15) is 22.1 Å². The number of hydrogen-bond acceptors (Lipinski definition) is 8. The van der Waals surface area contributed by atoms with E-state index in [2.05, 4.69) is 5.32 Å². The van der Waals surface area contributed by atoms with Gasteiger partial charge in [-0.1, -0.05) is 35.2 Å². The maximum Gasteiger partial charge on any atom is 0.418 e. The first kappa shape index (κ1) is 27.8. The quantitative estimate of drug-likeness (QED) is 0.305. The Bertz CT molecular complexity index is 1750. The molecule has 1 saturated heterocycles. The summed E-state index contributed by atoms with van der Waals surface area (Å²) < 4.78 is 53.5. The number of ether oxygens (including phenoxy) is 1. The Morgan fingerprint density at radius 2 is 1.76 bits per heavy atom. The van der Waals surface area contributed by atoms with Crippen molar-refractivity contribution in [2.75, 3.05) is 17.3 Å². The van der Waals surface area contributed by atoms with Gasteiger partial charge in [0.25, 0.3) is 0 Å². The minimum absolute atomic E-state index is 0.273. The van der Waals surface area contributed by atoms with Gasteiger partial charge in [0, 0.05) is 5.69 Å². The summed E-state index contributed by atoms with van der Waals surface area (Å²) in [6, 6.07) is 14.1. The lowest BCUT2D eigenvalue weighted by Crippen LogP contribution is -2.33. The van der Waals surface area contributed by atoms with Crippen molar-refractivity contribution in [2.24, 2.45) is 5.92 Å². The predicted octanol–water partition coefficient (Wildman–Crippen LogP) is 4.96. The third kappa shape index (κ3) is 4.69. The zero-order chi connectivity index (χ0) is 29.8. The number of anilines is 2. The number of alkyl halides is 3. The smallest absolute Gasteiger partial charge is 0.418 e. The second-order valence-electron chi connectivity index (χ2n) is 9.48. The third-order valence-corrected chi connectivity index (χ3v) is 9.63. The fourth-order valence-electron chi connectivity index (χ4n) is 5.19. The van der Waals surface area contributed by atoms with Crippen molar-refractivity contribution in [1.82, 2.24) is 4.57 Å². The van der Waals surface area contributed by atoms with E-state index in [0.717, 1.165) is 35.2 Å². The number of para-hydroxylation sites is 1. The minimum Gasteiger partial charge on any atom is -0.497 e. The highest BCUT2D eigenvalue weighted by Gasteiger charge is 2.58. The molecule has 0 aliphatic carbocycles. The minimum atomic E-state index is -4.81. The van der Waals surface area contributed by atoms with Crippen molar-refractivity contribution in [3.63, 3.8) is 0 Å². The number of methoxy groups -OCH3 is 1. The molecule has 42 heavy (non-hydrogen) atoms. The van der Waals surface area contributed by atoms with Crippen LogP contribution < -0.4 is 19.8 Å². The van der Waals surface area contributed by atoms with Crippen LogP contribution in [-0.2, 0) is 27.1 Å². The van der Waals surface area contributed by atoms with E-state index in [1.165, 1.54) is 30.1 Å². The number of nitrogens with one attached hydrogen (secondary N) is 1. The lowest BCUT2D eigenvalue weighted by atomic mass is 9.86. The summed E-state index contributed by atoms with van der Waals surface area (Å²) in [7, 11) is 1.51. The van der Waals surface area contributed by atoms with Crippen molar-refractivity contribution in [2.45, 2.75) is 28.9 Å². The zero-order valence-electron chi connectivity index (χ0n) is 21.6. The standard InChI is InChI=1S/C28H20F3N3O6S2/c1-39-15-10-8-14(9-11-15)32-19(35)13-33-26-23(42-27(33)38)20(18-7-4-12-40-18)21-22(41-26)25(37)34(24(21)36)17-6-3-2-5-16(17)28(29,30)31/h2-12,20-22H,13H2,1H3,(H,32,35). The maximum absolute atomic E-state index is 13.9. The van der Waals surface area contributed by atoms with Crippen LogP contribution in [-0.4, -0.2) is 34.6 Å². The second kappa shape index (κ2) is 10.5. The first-order valence-corrected chi connectivity index (χ1v) is 14.2.